The molecule has 31 heavy (non-hydrogen) atoms. The van der Waals surface area contributed by atoms with Gasteiger partial charge in [0.2, 0.25) is 12.7 Å². The van der Waals surface area contributed by atoms with Crippen LogP contribution in [-0.2, 0) is 14.1 Å². The van der Waals surface area contributed by atoms with Gasteiger partial charge in [-0.05, 0) is 29.8 Å². The molecule has 1 N–H and O–H groups in total. The Balaban J connectivity index is 1.68. The molecule has 158 valence electrons. The minimum atomic E-state index is -0.595. The zero-order chi connectivity index (χ0) is 21.7. The number of thioether (sulfide) groups is 1. The maximum atomic E-state index is 12.9. The van der Waals surface area contributed by atoms with Crippen LogP contribution in [0.4, 0.5) is 5.69 Å². The Hall–Kier alpha value is -3.46. The predicted octanol–water partition coefficient (Wildman–Crippen LogP) is 2.88. The van der Waals surface area contributed by atoms with Gasteiger partial charge in [-0.15, -0.1) is 11.8 Å². The van der Waals surface area contributed by atoms with Gasteiger partial charge in [0.15, 0.2) is 11.5 Å². The second-order valence-electron chi connectivity index (χ2n) is 7.35. The third-order valence-electron chi connectivity index (χ3n) is 5.46. The third-order valence-corrected chi connectivity index (χ3v) is 6.78. The molecule has 2 aliphatic rings. The fraction of sp³-hybridized carbons (Fsp3) is 0.227. The van der Waals surface area contributed by atoms with Crippen LogP contribution < -0.4 is 20.7 Å². The highest BCUT2D eigenvalue weighted by atomic mass is 32.2. The normalized spacial score (nSPS) is 17.1. The van der Waals surface area contributed by atoms with Crippen molar-refractivity contribution < 1.29 is 14.6 Å². The lowest BCUT2D eigenvalue weighted by Gasteiger charge is -2.17. The van der Waals surface area contributed by atoms with Crippen LogP contribution in [0.15, 0.2) is 61.9 Å². The van der Waals surface area contributed by atoms with E-state index in [-0.39, 0.29) is 23.5 Å². The van der Waals surface area contributed by atoms with Crippen molar-refractivity contribution in [3.8, 4) is 17.4 Å². The lowest BCUT2D eigenvalue weighted by atomic mass is 10.0. The molecule has 0 fully saturated rings. The summed E-state index contributed by atoms with van der Waals surface area (Å²) in [5.41, 5.74) is 0.984. The Bertz CT molecular complexity index is 1360. The summed E-state index contributed by atoms with van der Waals surface area (Å²) in [6, 6.07) is 13.4. The van der Waals surface area contributed by atoms with Gasteiger partial charge in [-0.1, -0.05) is 18.2 Å². The summed E-state index contributed by atoms with van der Waals surface area (Å²) in [4.78, 5) is 30.9. The van der Waals surface area contributed by atoms with E-state index >= 15 is 0 Å². The minimum absolute atomic E-state index is 0.0349. The van der Waals surface area contributed by atoms with Crippen LogP contribution in [0.1, 0.15) is 22.8 Å². The van der Waals surface area contributed by atoms with E-state index in [2.05, 4.69) is 0 Å². The van der Waals surface area contributed by atoms with Crippen molar-refractivity contribution in [1.29, 1.82) is 0 Å². The smallest absolute Gasteiger partial charge is 0.333 e. The number of nitrogens with zero attached hydrogens (tertiary/aromatic N) is 3. The van der Waals surface area contributed by atoms with Gasteiger partial charge in [0.1, 0.15) is 5.56 Å². The van der Waals surface area contributed by atoms with E-state index < -0.39 is 11.2 Å². The van der Waals surface area contributed by atoms with Gasteiger partial charge < -0.3 is 14.6 Å². The minimum Gasteiger partial charge on any atom is -0.494 e. The van der Waals surface area contributed by atoms with Crippen molar-refractivity contribution in [1.82, 2.24) is 9.13 Å². The lowest BCUT2D eigenvalue weighted by Crippen LogP contribution is -2.40. The van der Waals surface area contributed by atoms with E-state index in [1.165, 1.54) is 14.1 Å². The van der Waals surface area contributed by atoms with Crippen LogP contribution in [0.2, 0.25) is 0 Å². The standard InChI is InChI=1S/C22H19N3O5S/c1-24-20(26)19(21(27)25(2)22(24)28)14-10-18(31-17-6-4-3-5-13(17)23-14)12-7-8-15-16(9-12)30-11-29-15/h3-9,18,26H,10-11H2,1-2H3/t18-/m0/s1. The highest BCUT2D eigenvalue weighted by Crippen LogP contribution is 2.47. The van der Waals surface area contributed by atoms with Gasteiger partial charge in [-0.2, -0.15) is 0 Å². The molecule has 1 atom stereocenters. The summed E-state index contributed by atoms with van der Waals surface area (Å²) < 4.78 is 13.0. The van der Waals surface area contributed by atoms with Gasteiger partial charge in [-0.3, -0.25) is 18.9 Å². The maximum Gasteiger partial charge on any atom is 0.333 e. The molecule has 5 rings (SSSR count). The monoisotopic (exact) mass is 437 g/mol. The molecular formula is C22H19N3O5S. The summed E-state index contributed by atoms with van der Waals surface area (Å²) >= 11 is 1.63. The number of hydrogen-bond acceptors (Lipinski definition) is 7. The second kappa shape index (κ2) is 7.35. The van der Waals surface area contributed by atoms with Crippen molar-refractivity contribution in [2.75, 3.05) is 6.79 Å². The Kier molecular flexibility index (Phi) is 4.62. The van der Waals surface area contributed by atoms with Gasteiger partial charge >= 0.3 is 5.69 Å². The number of para-hydroxylation sites is 1. The highest BCUT2D eigenvalue weighted by Gasteiger charge is 2.28. The van der Waals surface area contributed by atoms with Crippen molar-refractivity contribution in [3.63, 3.8) is 0 Å². The van der Waals surface area contributed by atoms with E-state index in [9.17, 15) is 14.7 Å². The fourth-order valence-corrected chi connectivity index (χ4v) is 4.98. The molecule has 2 aromatic carbocycles. The van der Waals surface area contributed by atoms with E-state index in [1.807, 2.05) is 42.5 Å². The summed E-state index contributed by atoms with van der Waals surface area (Å²) in [7, 11) is 2.82. The van der Waals surface area contributed by atoms with Gasteiger partial charge in [0, 0.05) is 30.7 Å². The number of benzene rings is 2. The number of rotatable bonds is 2. The van der Waals surface area contributed by atoms with Crippen molar-refractivity contribution in [3.05, 3.63) is 74.4 Å². The van der Waals surface area contributed by atoms with Crippen molar-refractivity contribution in [2.45, 2.75) is 16.6 Å². The average Bonchev–Trinajstić information content (AvgIpc) is 3.16. The molecule has 0 unspecified atom stereocenters. The molecule has 9 heteroatoms. The van der Waals surface area contributed by atoms with E-state index in [0.29, 0.717) is 29.3 Å². The van der Waals surface area contributed by atoms with E-state index in [1.54, 1.807) is 11.8 Å². The topological polar surface area (TPSA) is 95.1 Å². The van der Waals surface area contributed by atoms with Gasteiger partial charge in [0.05, 0.1) is 11.4 Å². The highest BCUT2D eigenvalue weighted by molar-refractivity contribution is 7.99. The molecular weight excluding hydrogens is 418 g/mol. The Labute approximate surface area is 181 Å². The number of fused-ring (bicyclic) bond motifs is 2. The molecule has 0 saturated carbocycles. The first-order chi connectivity index (χ1) is 14.9. The average molecular weight is 437 g/mol. The Morgan fingerprint density at radius 2 is 1.84 bits per heavy atom. The van der Waals surface area contributed by atoms with E-state index in [0.717, 1.165) is 19.6 Å². The molecule has 0 aliphatic carbocycles. The summed E-state index contributed by atoms with van der Waals surface area (Å²) in [6.07, 6.45) is 0.375. The van der Waals surface area contributed by atoms with Crippen LogP contribution >= 0.6 is 11.8 Å². The van der Waals surface area contributed by atoms with Crippen LogP contribution in [0, 0.1) is 0 Å². The lowest BCUT2D eigenvalue weighted by molar-refractivity contribution is 0.174. The first-order valence-electron chi connectivity index (χ1n) is 9.66. The fourth-order valence-electron chi connectivity index (χ4n) is 3.75. The first kappa shape index (κ1) is 19.5. The molecule has 3 aromatic rings. The van der Waals surface area contributed by atoms with Crippen molar-refractivity contribution >= 4 is 23.2 Å². The largest absolute Gasteiger partial charge is 0.494 e. The number of ether oxygens (including phenoxy) is 2. The van der Waals surface area contributed by atoms with E-state index in [4.69, 9.17) is 14.5 Å². The number of aromatic hydroxyl groups is 1. The second-order valence-corrected chi connectivity index (χ2v) is 8.60. The zero-order valence-corrected chi connectivity index (χ0v) is 17.7. The summed E-state index contributed by atoms with van der Waals surface area (Å²) in [5.74, 6) is 0.983. The first-order valence-corrected chi connectivity index (χ1v) is 10.5. The molecule has 0 radical (unpaired) electrons. The van der Waals surface area contributed by atoms with Gasteiger partial charge in [-0.25, -0.2) is 4.79 Å². The molecule has 3 heterocycles. The van der Waals surface area contributed by atoms with Crippen molar-refractivity contribution in [2.24, 2.45) is 19.1 Å². The number of hydrogen-bond donors (Lipinski definition) is 1. The molecule has 0 bridgehead atoms. The molecule has 8 nitrogen and oxygen atoms in total. The van der Waals surface area contributed by atoms with Crippen LogP contribution in [0.25, 0.3) is 0 Å². The summed E-state index contributed by atoms with van der Waals surface area (Å²) in [6.45, 7) is 0.189. The number of aromatic nitrogens is 2. The molecule has 0 saturated heterocycles. The molecule has 2 aliphatic heterocycles. The van der Waals surface area contributed by atoms with Crippen LogP contribution in [0.3, 0.4) is 0 Å². The Morgan fingerprint density at radius 3 is 2.68 bits per heavy atom. The molecule has 0 spiro atoms. The Morgan fingerprint density at radius 1 is 1.06 bits per heavy atom. The third kappa shape index (κ3) is 3.21. The summed E-state index contributed by atoms with van der Waals surface area (Å²) in [5, 5.41) is 10.6. The quantitative estimate of drug-likeness (QED) is 0.663. The zero-order valence-electron chi connectivity index (χ0n) is 16.9. The molecule has 1 aromatic heterocycles. The SMILES string of the molecule is Cn1c(O)c(C2=Nc3ccccc3S[C@H](c3ccc4c(c3)OCO4)C2)c(=O)n(C)c1=O. The predicted molar refractivity (Wildman–Crippen MR) is 117 cm³/mol. The van der Waals surface area contributed by atoms with Gasteiger partial charge in [0.25, 0.3) is 5.56 Å². The maximum absolute atomic E-state index is 12.9. The van der Waals surface area contributed by atoms with Crippen LogP contribution in [0.5, 0.6) is 17.4 Å². The number of aliphatic imine (C=N–C) groups is 1. The van der Waals surface area contributed by atoms with Crippen LogP contribution in [-0.4, -0.2) is 26.7 Å². The molecule has 0 amide bonds.